The van der Waals surface area contributed by atoms with Crippen molar-refractivity contribution in [1.82, 2.24) is 15.0 Å². The second-order valence-electron chi connectivity index (χ2n) is 6.64. The predicted molar refractivity (Wildman–Crippen MR) is 115 cm³/mol. The molecule has 1 unspecified atom stereocenters. The van der Waals surface area contributed by atoms with Gasteiger partial charge in [-0.2, -0.15) is 13.2 Å². The van der Waals surface area contributed by atoms with E-state index in [1.165, 1.54) is 18.5 Å². The smallest absolute Gasteiger partial charge is 0.306 e. The van der Waals surface area contributed by atoms with E-state index in [2.05, 4.69) is 25.6 Å². The molecule has 166 valence electrons. The highest BCUT2D eigenvalue weighted by Gasteiger charge is 2.33. The topological polar surface area (TPSA) is 96.9 Å². The van der Waals surface area contributed by atoms with Gasteiger partial charge in [0, 0.05) is 5.56 Å². The number of rotatable bonds is 6. The minimum atomic E-state index is -4.51. The molecule has 1 aromatic carbocycles. The number of halogens is 3. The van der Waals surface area contributed by atoms with Gasteiger partial charge in [-0.25, -0.2) is 9.97 Å². The average molecular weight is 461 g/mol. The summed E-state index contributed by atoms with van der Waals surface area (Å²) in [4.78, 5) is 35.3. The quantitative estimate of drug-likeness (QED) is 0.510. The van der Waals surface area contributed by atoms with Crippen LogP contribution in [-0.4, -0.2) is 26.8 Å². The Labute approximate surface area is 185 Å². The highest BCUT2D eigenvalue weighted by Crippen LogP contribution is 2.35. The SMILES string of the molecule is CC=CC(=O)Nc1cnc(-c2cccc(C(C)C(=O)Nc3ncc(C(F)(F)F)s3)c2)cn1. The molecule has 0 aliphatic heterocycles. The van der Waals surface area contributed by atoms with Gasteiger partial charge in [-0.05, 0) is 31.6 Å². The van der Waals surface area contributed by atoms with E-state index in [0.29, 0.717) is 40.2 Å². The molecule has 7 nitrogen and oxygen atoms in total. The molecule has 2 heterocycles. The van der Waals surface area contributed by atoms with Crippen LogP contribution in [0.15, 0.2) is 55.0 Å². The van der Waals surface area contributed by atoms with Gasteiger partial charge in [0.15, 0.2) is 10.9 Å². The molecule has 1 atom stereocenters. The molecular formula is C21H18F3N5O2S. The molecule has 32 heavy (non-hydrogen) atoms. The van der Waals surface area contributed by atoms with Crippen LogP contribution in [0, 0.1) is 0 Å². The summed E-state index contributed by atoms with van der Waals surface area (Å²) < 4.78 is 38.1. The minimum Gasteiger partial charge on any atom is -0.306 e. The van der Waals surface area contributed by atoms with Crippen LogP contribution >= 0.6 is 11.3 Å². The Kier molecular flexibility index (Phi) is 6.98. The van der Waals surface area contributed by atoms with Crippen molar-refractivity contribution >= 4 is 34.1 Å². The van der Waals surface area contributed by atoms with E-state index in [-0.39, 0.29) is 11.0 Å². The van der Waals surface area contributed by atoms with Gasteiger partial charge < -0.3 is 10.6 Å². The number of carbonyl (C=O) groups is 2. The van der Waals surface area contributed by atoms with Crippen LogP contribution in [0.1, 0.15) is 30.2 Å². The summed E-state index contributed by atoms with van der Waals surface area (Å²) in [6.45, 7) is 3.36. The number of benzene rings is 1. The molecule has 0 saturated heterocycles. The Bertz CT molecular complexity index is 1140. The Balaban J connectivity index is 1.71. The number of alkyl halides is 3. The molecule has 2 aromatic heterocycles. The number of amides is 2. The minimum absolute atomic E-state index is 0.119. The summed E-state index contributed by atoms with van der Waals surface area (Å²) in [5.41, 5.74) is 1.85. The number of carbonyl (C=O) groups excluding carboxylic acids is 2. The van der Waals surface area contributed by atoms with Crippen LogP contribution in [0.4, 0.5) is 24.1 Å². The molecule has 0 radical (unpaired) electrons. The lowest BCUT2D eigenvalue weighted by molar-refractivity contribution is -0.134. The first-order valence-electron chi connectivity index (χ1n) is 9.37. The van der Waals surface area contributed by atoms with Gasteiger partial charge in [0.25, 0.3) is 0 Å². The molecule has 3 aromatic rings. The van der Waals surface area contributed by atoms with Gasteiger partial charge in [-0.1, -0.05) is 35.6 Å². The van der Waals surface area contributed by atoms with Crippen molar-refractivity contribution in [2.75, 3.05) is 10.6 Å². The molecule has 2 amide bonds. The third-order valence-electron chi connectivity index (χ3n) is 4.31. The van der Waals surface area contributed by atoms with Crippen molar-refractivity contribution in [2.24, 2.45) is 0 Å². The van der Waals surface area contributed by atoms with Crippen molar-refractivity contribution in [3.8, 4) is 11.3 Å². The summed E-state index contributed by atoms with van der Waals surface area (Å²) in [7, 11) is 0. The Morgan fingerprint density at radius 1 is 1.09 bits per heavy atom. The van der Waals surface area contributed by atoms with Crippen LogP contribution in [0.3, 0.4) is 0 Å². The number of hydrogen-bond donors (Lipinski definition) is 2. The first kappa shape index (κ1) is 23.1. The number of anilines is 2. The summed E-state index contributed by atoms with van der Waals surface area (Å²) >= 11 is 0.369. The summed E-state index contributed by atoms with van der Waals surface area (Å²) in [5, 5.41) is 4.88. The molecule has 2 N–H and O–H groups in total. The molecule has 0 aliphatic carbocycles. The van der Waals surface area contributed by atoms with E-state index in [0.717, 1.165) is 0 Å². The maximum atomic E-state index is 12.7. The lowest BCUT2D eigenvalue weighted by atomic mass is 9.97. The number of thiazole rings is 1. The van der Waals surface area contributed by atoms with E-state index in [4.69, 9.17) is 0 Å². The zero-order valence-corrected chi connectivity index (χ0v) is 17.8. The molecule has 3 rings (SSSR count). The predicted octanol–water partition coefficient (Wildman–Crippen LogP) is 4.88. The molecule has 0 spiro atoms. The van der Waals surface area contributed by atoms with Crippen LogP contribution in [0.2, 0.25) is 0 Å². The fourth-order valence-electron chi connectivity index (χ4n) is 2.66. The molecular weight excluding hydrogens is 443 g/mol. The van der Waals surface area contributed by atoms with Gasteiger partial charge in [-0.15, -0.1) is 0 Å². The van der Waals surface area contributed by atoms with Crippen molar-refractivity contribution in [3.63, 3.8) is 0 Å². The van der Waals surface area contributed by atoms with Gasteiger partial charge >= 0.3 is 6.18 Å². The number of nitrogens with zero attached hydrogens (tertiary/aromatic N) is 3. The maximum Gasteiger partial charge on any atom is 0.427 e. The van der Waals surface area contributed by atoms with Gasteiger partial charge in [-0.3, -0.25) is 14.6 Å². The molecule has 0 fully saturated rings. The second-order valence-corrected chi connectivity index (χ2v) is 7.67. The standard InChI is InChI=1S/C21H18F3N5O2S/c1-3-5-18(30)28-17-11-25-15(9-26-17)14-7-4-6-13(8-14)12(2)19(31)29-20-27-10-16(32-20)21(22,23)24/h3-12H,1-2H3,(H,26,28,30)(H,27,29,31). The number of aromatic nitrogens is 3. The monoisotopic (exact) mass is 461 g/mol. The van der Waals surface area contributed by atoms with Crippen LogP contribution in [0.25, 0.3) is 11.3 Å². The largest absolute Gasteiger partial charge is 0.427 e. The number of allylic oxidation sites excluding steroid dienone is 1. The van der Waals surface area contributed by atoms with Crippen LogP contribution in [-0.2, 0) is 15.8 Å². The highest BCUT2D eigenvalue weighted by molar-refractivity contribution is 7.15. The fraction of sp³-hybridized carbons (Fsp3) is 0.190. The lowest BCUT2D eigenvalue weighted by Crippen LogP contribution is -2.18. The lowest BCUT2D eigenvalue weighted by Gasteiger charge is -2.12. The van der Waals surface area contributed by atoms with Crippen molar-refractivity contribution in [2.45, 2.75) is 25.9 Å². The van der Waals surface area contributed by atoms with Crippen molar-refractivity contribution in [3.05, 3.63) is 65.4 Å². The Hall–Kier alpha value is -3.60. The normalized spacial score (nSPS) is 12.5. The van der Waals surface area contributed by atoms with Gasteiger partial charge in [0.05, 0.1) is 30.2 Å². The second kappa shape index (κ2) is 9.69. The van der Waals surface area contributed by atoms with Crippen molar-refractivity contribution in [1.29, 1.82) is 0 Å². The van der Waals surface area contributed by atoms with E-state index < -0.39 is 22.9 Å². The molecule has 11 heteroatoms. The zero-order valence-electron chi connectivity index (χ0n) is 17.0. The van der Waals surface area contributed by atoms with Crippen LogP contribution in [0.5, 0.6) is 0 Å². The van der Waals surface area contributed by atoms with E-state index >= 15 is 0 Å². The first-order valence-corrected chi connectivity index (χ1v) is 10.2. The Morgan fingerprint density at radius 2 is 1.88 bits per heavy atom. The average Bonchev–Trinajstić information content (AvgIpc) is 3.23. The van der Waals surface area contributed by atoms with E-state index in [1.54, 1.807) is 44.2 Å². The third-order valence-corrected chi connectivity index (χ3v) is 5.27. The van der Waals surface area contributed by atoms with E-state index in [1.807, 2.05) is 0 Å². The summed E-state index contributed by atoms with van der Waals surface area (Å²) in [6.07, 6.45) is 2.05. The van der Waals surface area contributed by atoms with E-state index in [9.17, 15) is 22.8 Å². The van der Waals surface area contributed by atoms with Gasteiger partial charge in [0.2, 0.25) is 11.8 Å². The molecule has 0 aliphatic rings. The summed E-state index contributed by atoms with van der Waals surface area (Å²) in [5.74, 6) is -1.17. The first-order chi connectivity index (χ1) is 15.2. The molecule has 0 bridgehead atoms. The number of nitrogens with one attached hydrogen (secondary N) is 2. The van der Waals surface area contributed by atoms with Crippen molar-refractivity contribution < 1.29 is 22.8 Å². The van der Waals surface area contributed by atoms with Gasteiger partial charge in [0.1, 0.15) is 4.88 Å². The Morgan fingerprint density at radius 3 is 2.50 bits per heavy atom. The zero-order chi connectivity index (χ0) is 23.3. The third kappa shape index (κ3) is 5.76. The maximum absolute atomic E-state index is 12.7. The fourth-order valence-corrected chi connectivity index (χ4v) is 3.34. The van der Waals surface area contributed by atoms with Crippen LogP contribution < -0.4 is 10.6 Å². The number of hydrogen-bond acceptors (Lipinski definition) is 6. The molecule has 0 saturated carbocycles. The summed E-state index contributed by atoms with van der Waals surface area (Å²) in [6, 6.07) is 7.00. The highest BCUT2D eigenvalue weighted by atomic mass is 32.1.